The molecule has 0 aromatic heterocycles. The second-order valence-corrected chi connectivity index (χ2v) is 9.49. The molecular formula is C23H47NO7. The van der Waals surface area contributed by atoms with Gasteiger partial charge >= 0.3 is 0 Å². The van der Waals surface area contributed by atoms with E-state index in [-0.39, 0.29) is 11.3 Å². The smallest absolute Gasteiger partial charge is 0.225 e. The van der Waals surface area contributed by atoms with Crippen LogP contribution in [0.1, 0.15) is 48.0 Å². The SMILES string of the molecule is CC(C)(C)CCOCCOCCOCCOCCOCCOCCNC(=O)C(C)(C)C. The van der Waals surface area contributed by atoms with Gasteiger partial charge in [0.05, 0.1) is 72.7 Å². The third kappa shape index (κ3) is 23.7. The summed E-state index contributed by atoms with van der Waals surface area (Å²) in [6.07, 6.45) is 1.05. The first-order valence-electron chi connectivity index (χ1n) is 11.4. The fourth-order valence-corrected chi connectivity index (χ4v) is 2.08. The third-order valence-electron chi connectivity index (χ3n) is 4.07. The molecule has 0 aliphatic carbocycles. The molecule has 0 rings (SSSR count). The molecular weight excluding hydrogens is 402 g/mol. The Bertz CT molecular complexity index is 419. The number of hydrogen-bond acceptors (Lipinski definition) is 7. The van der Waals surface area contributed by atoms with Gasteiger partial charge in [-0.1, -0.05) is 41.5 Å². The topological polar surface area (TPSA) is 84.5 Å². The predicted octanol–water partition coefficient (Wildman–Crippen LogP) is 2.68. The van der Waals surface area contributed by atoms with Crippen LogP contribution in [0.4, 0.5) is 0 Å². The van der Waals surface area contributed by atoms with Crippen molar-refractivity contribution in [2.45, 2.75) is 48.0 Å². The molecule has 0 aliphatic rings. The second-order valence-electron chi connectivity index (χ2n) is 9.49. The van der Waals surface area contributed by atoms with Crippen molar-refractivity contribution in [2.75, 3.05) is 85.8 Å². The Morgan fingerprint density at radius 1 is 0.548 bits per heavy atom. The summed E-state index contributed by atoms with van der Waals surface area (Å²) < 4.78 is 32.7. The van der Waals surface area contributed by atoms with Crippen molar-refractivity contribution in [3.8, 4) is 0 Å². The minimum Gasteiger partial charge on any atom is -0.379 e. The molecule has 0 radical (unpaired) electrons. The summed E-state index contributed by atoms with van der Waals surface area (Å²) in [4.78, 5) is 11.7. The quantitative estimate of drug-likeness (QED) is 0.286. The van der Waals surface area contributed by atoms with Gasteiger partial charge in [-0.2, -0.15) is 0 Å². The Labute approximate surface area is 189 Å². The molecule has 0 aromatic carbocycles. The van der Waals surface area contributed by atoms with E-state index < -0.39 is 0 Å². The maximum atomic E-state index is 11.7. The average Bonchev–Trinajstić information content (AvgIpc) is 2.67. The van der Waals surface area contributed by atoms with Gasteiger partial charge in [0, 0.05) is 18.6 Å². The lowest BCUT2D eigenvalue weighted by molar-refractivity contribution is -0.128. The van der Waals surface area contributed by atoms with Gasteiger partial charge < -0.3 is 33.7 Å². The fourth-order valence-electron chi connectivity index (χ4n) is 2.08. The van der Waals surface area contributed by atoms with E-state index in [1.54, 1.807) is 0 Å². The van der Waals surface area contributed by atoms with Crippen molar-refractivity contribution >= 4 is 5.91 Å². The van der Waals surface area contributed by atoms with Gasteiger partial charge in [0.25, 0.3) is 0 Å². The minimum atomic E-state index is -0.372. The van der Waals surface area contributed by atoms with Crippen molar-refractivity contribution in [3.05, 3.63) is 0 Å². The van der Waals surface area contributed by atoms with Gasteiger partial charge in [-0.15, -0.1) is 0 Å². The second kappa shape index (κ2) is 18.8. The number of hydrogen-bond donors (Lipinski definition) is 1. The number of ether oxygens (including phenoxy) is 6. The summed E-state index contributed by atoms with van der Waals surface area (Å²) in [5.74, 6) is 0.0256. The van der Waals surface area contributed by atoms with Crippen LogP contribution < -0.4 is 5.32 Å². The lowest BCUT2D eigenvalue weighted by Gasteiger charge is -2.17. The van der Waals surface area contributed by atoms with Crippen LogP contribution in [-0.4, -0.2) is 91.7 Å². The highest BCUT2D eigenvalue weighted by molar-refractivity contribution is 5.81. The molecule has 0 aromatic rings. The van der Waals surface area contributed by atoms with Gasteiger partial charge in [-0.05, 0) is 11.8 Å². The Morgan fingerprint density at radius 3 is 1.19 bits per heavy atom. The van der Waals surface area contributed by atoms with E-state index in [1.165, 1.54) is 0 Å². The lowest BCUT2D eigenvalue weighted by Crippen LogP contribution is -2.36. The van der Waals surface area contributed by atoms with Gasteiger partial charge in [-0.3, -0.25) is 4.79 Å². The zero-order chi connectivity index (χ0) is 23.4. The molecule has 0 heterocycles. The number of nitrogens with one attached hydrogen (secondary N) is 1. The normalized spacial score (nSPS) is 12.3. The molecule has 0 aliphatic heterocycles. The lowest BCUT2D eigenvalue weighted by atomic mass is 9.93. The Hall–Kier alpha value is -0.770. The number of rotatable bonds is 20. The van der Waals surface area contributed by atoms with Crippen LogP contribution in [0.3, 0.4) is 0 Å². The van der Waals surface area contributed by atoms with E-state index >= 15 is 0 Å². The van der Waals surface area contributed by atoms with Crippen molar-refractivity contribution < 1.29 is 33.2 Å². The number of amides is 1. The predicted molar refractivity (Wildman–Crippen MR) is 121 cm³/mol. The van der Waals surface area contributed by atoms with Crippen LogP contribution in [0.5, 0.6) is 0 Å². The number of carbonyl (C=O) groups is 1. The monoisotopic (exact) mass is 449 g/mol. The van der Waals surface area contributed by atoms with Crippen LogP contribution in [0.2, 0.25) is 0 Å². The first-order valence-corrected chi connectivity index (χ1v) is 11.4. The van der Waals surface area contributed by atoms with Crippen LogP contribution in [0, 0.1) is 10.8 Å². The maximum Gasteiger partial charge on any atom is 0.225 e. The van der Waals surface area contributed by atoms with Gasteiger partial charge in [-0.25, -0.2) is 0 Å². The van der Waals surface area contributed by atoms with Gasteiger partial charge in [0.2, 0.25) is 5.91 Å². The molecule has 0 saturated heterocycles. The first kappa shape index (κ1) is 30.2. The van der Waals surface area contributed by atoms with E-state index in [9.17, 15) is 4.79 Å². The third-order valence-corrected chi connectivity index (χ3v) is 4.07. The van der Waals surface area contributed by atoms with E-state index in [0.717, 1.165) is 13.0 Å². The number of carbonyl (C=O) groups excluding carboxylic acids is 1. The van der Waals surface area contributed by atoms with Gasteiger partial charge in [0.1, 0.15) is 0 Å². The molecule has 186 valence electrons. The van der Waals surface area contributed by atoms with Crippen molar-refractivity contribution in [2.24, 2.45) is 10.8 Å². The van der Waals surface area contributed by atoms with E-state index in [2.05, 4.69) is 26.1 Å². The van der Waals surface area contributed by atoms with Crippen LogP contribution in [0.15, 0.2) is 0 Å². The highest BCUT2D eigenvalue weighted by atomic mass is 16.6. The van der Waals surface area contributed by atoms with Crippen LogP contribution >= 0.6 is 0 Å². The highest BCUT2D eigenvalue weighted by Gasteiger charge is 2.20. The largest absolute Gasteiger partial charge is 0.379 e. The molecule has 0 fully saturated rings. The summed E-state index contributed by atoms with van der Waals surface area (Å²) in [6, 6.07) is 0. The zero-order valence-corrected chi connectivity index (χ0v) is 20.8. The molecule has 31 heavy (non-hydrogen) atoms. The maximum absolute atomic E-state index is 11.7. The Balaban J connectivity index is 3.14. The molecule has 0 atom stereocenters. The zero-order valence-electron chi connectivity index (χ0n) is 20.8. The molecule has 0 unspecified atom stereocenters. The van der Waals surface area contributed by atoms with E-state index in [0.29, 0.717) is 84.6 Å². The molecule has 1 amide bonds. The summed E-state index contributed by atoms with van der Waals surface area (Å²) in [6.45, 7) is 19.5. The van der Waals surface area contributed by atoms with Crippen molar-refractivity contribution in [3.63, 3.8) is 0 Å². The van der Waals surface area contributed by atoms with Crippen molar-refractivity contribution in [1.29, 1.82) is 0 Å². The van der Waals surface area contributed by atoms with E-state index in [4.69, 9.17) is 28.4 Å². The van der Waals surface area contributed by atoms with Gasteiger partial charge in [0.15, 0.2) is 0 Å². The van der Waals surface area contributed by atoms with Crippen LogP contribution in [0.25, 0.3) is 0 Å². The first-order chi connectivity index (χ1) is 14.6. The fraction of sp³-hybridized carbons (Fsp3) is 0.957. The van der Waals surface area contributed by atoms with Crippen molar-refractivity contribution in [1.82, 2.24) is 5.32 Å². The molecule has 0 spiro atoms. The molecule has 1 N–H and O–H groups in total. The van der Waals surface area contributed by atoms with E-state index in [1.807, 2.05) is 20.8 Å². The van der Waals surface area contributed by atoms with Crippen LogP contribution in [-0.2, 0) is 33.2 Å². The Morgan fingerprint density at radius 2 is 0.871 bits per heavy atom. The summed E-state index contributed by atoms with van der Waals surface area (Å²) in [7, 11) is 0. The minimum absolute atomic E-state index is 0.0256. The standard InChI is InChI=1S/C23H47NO7/c1-22(2,3)7-9-26-11-13-28-15-17-30-19-20-31-18-16-29-14-12-27-10-8-24-21(25)23(4,5)6/h7-20H2,1-6H3,(H,24,25). The molecule has 0 bridgehead atoms. The molecule has 8 nitrogen and oxygen atoms in total. The summed E-state index contributed by atoms with van der Waals surface area (Å²) in [5, 5.41) is 2.83. The Kier molecular flexibility index (Phi) is 18.3. The molecule has 0 saturated carbocycles. The summed E-state index contributed by atoms with van der Waals surface area (Å²) >= 11 is 0. The highest BCUT2D eigenvalue weighted by Crippen LogP contribution is 2.17. The summed E-state index contributed by atoms with van der Waals surface area (Å²) in [5.41, 5.74) is -0.0622. The average molecular weight is 450 g/mol. The molecule has 8 heteroatoms.